The third-order valence-electron chi connectivity index (χ3n) is 6.68. The van der Waals surface area contributed by atoms with E-state index in [2.05, 4.69) is 17.1 Å². The summed E-state index contributed by atoms with van der Waals surface area (Å²) in [6.45, 7) is 5.44. The van der Waals surface area contributed by atoms with Crippen LogP contribution in [-0.4, -0.2) is 51.4 Å². The summed E-state index contributed by atoms with van der Waals surface area (Å²) in [5, 5.41) is 8.60. The van der Waals surface area contributed by atoms with Gasteiger partial charge >= 0.3 is 11.8 Å². The van der Waals surface area contributed by atoms with Gasteiger partial charge in [-0.1, -0.05) is 74.0 Å². The second-order valence-corrected chi connectivity index (χ2v) is 9.71. The monoisotopic (exact) mass is 489 g/mol. The summed E-state index contributed by atoms with van der Waals surface area (Å²) in [6.07, 6.45) is 3.62. The number of aryl methyl sites for hydroxylation is 1. The Kier molecular flexibility index (Phi) is 8.15. The van der Waals surface area contributed by atoms with Gasteiger partial charge in [0.2, 0.25) is 11.8 Å². The van der Waals surface area contributed by atoms with E-state index in [4.69, 9.17) is 10.2 Å². The number of carbonyl (C=O) groups excluding carboxylic acids is 2. The summed E-state index contributed by atoms with van der Waals surface area (Å²) < 4.78 is 6.13. The number of unbranched alkanes of at least 4 members (excludes halogenated alkanes) is 1. The van der Waals surface area contributed by atoms with E-state index in [-0.39, 0.29) is 0 Å². The van der Waals surface area contributed by atoms with E-state index in [1.165, 1.54) is 0 Å². The van der Waals surface area contributed by atoms with Crippen LogP contribution in [0.4, 0.5) is 0 Å². The molecule has 1 aromatic heterocycles. The highest BCUT2D eigenvalue weighted by atomic mass is 16.4. The van der Waals surface area contributed by atoms with Gasteiger partial charge < -0.3 is 20.0 Å². The van der Waals surface area contributed by atoms with Crippen LogP contribution in [0, 0.1) is 0 Å². The summed E-state index contributed by atoms with van der Waals surface area (Å²) in [4.78, 5) is 29.3. The average Bonchev–Trinajstić information content (AvgIpc) is 3.38. The summed E-state index contributed by atoms with van der Waals surface area (Å²) in [5.74, 6) is -0.359. The fourth-order valence-electron chi connectivity index (χ4n) is 4.61. The van der Waals surface area contributed by atoms with Crippen molar-refractivity contribution in [1.29, 1.82) is 0 Å². The Morgan fingerprint density at radius 3 is 2.31 bits per heavy atom. The number of carbonyl (C=O) groups is 2. The standard InChI is InChI=1S/C28H35N5O3/c1-3-4-17-32-18-19-33(26(35)25(32)34)23(16-15-21-11-7-5-8-12-21)24-30-31-27(36-24)28(2,29)20-22-13-9-6-10-14-22/h5-14,23H,3-4,15-20,29H2,1-2H3. The van der Waals surface area contributed by atoms with Crippen molar-refractivity contribution in [3.8, 4) is 0 Å². The Morgan fingerprint density at radius 1 is 0.972 bits per heavy atom. The molecule has 2 N–H and O–H groups in total. The van der Waals surface area contributed by atoms with Gasteiger partial charge in [0, 0.05) is 19.6 Å². The normalized spacial score (nSPS) is 16.8. The SMILES string of the molecule is CCCCN1CCN(C(CCc2ccccc2)c2nnc(C(C)(N)Cc3ccccc3)o2)C(=O)C1=O. The van der Waals surface area contributed by atoms with Gasteiger partial charge in [0.05, 0.1) is 5.54 Å². The van der Waals surface area contributed by atoms with Crippen molar-refractivity contribution in [2.75, 3.05) is 19.6 Å². The molecule has 1 aliphatic rings. The lowest BCUT2D eigenvalue weighted by Gasteiger charge is -2.37. The molecule has 2 aromatic carbocycles. The third-order valence-corrected chi connectivity index (χ3v) is 6.68. The molecule has 0 saturated carbocycles. The number of amides is 2. The number of aromatic nitrogens is 2. The second-order valence-electron chi connectivity index (χ2n) is 9.71. The Labute approximate surface area is 212 Å². The summed E-state index contributed by atoms with van der Waals surface area (Å²) >= 11 is 0. The molecule has 4 rings (SSSR count). The number of benzene rings is 2. The molecule has 0 radical (unpaired) electrons. The predicted molar refractivity (Wildman–Crippen MR) is 137 cm³/mol. The molecular weight excluding hydrogens is 454 g/mol. The lowest BCUT2D eigenvalue weighted by atomic mass is 9.94. The molecule has 8 nitrogen and oxygen atoms in total. The van der Waals surface area contributed by atoms with E-state index in [1.54, 1.807) is 9.80 Å². The maximum absolute atomic E-state index is 13.2. The minimum Gasteiger partial charge on any atom is -0.421 e. The lowest BCUT2D eigenvalue weighted by Crippen LogP contribution is -2.55. The highest BCUT2D eigenvalue weighted by Crippen LogP contribution is 2.30. The largest absolute Gasteiger partial charge is 0.421 e. The molecule has 2 heterocycles. The molecule has 2 amide bonds. The second kappa shape index (κ2) is 11.5. The fourth-order valence-corrected chi connectivity index (χ4v) is 4.61. The molecule has 36 heavy (non-hydrogen) atoms. The minimum absolute atomic E-state index is 0.312. The Bertz CT molecular complexity index is 1150. The van der Waals surface area contributed by atoms with E-state index < -0.39 is 23.4 Å². The van der Waals surface area contributed by atoms with Gasteiger partial charge in [0.15, 0.2) is 0 Å². The molecular formula is C28H35N5O3. The van der Waals surface area contributed by atoms with Crippen molar-refractivity contribution in [2.45, 2.75) is 57.5 Å². The van der Waals surface area contributed by atoms with Crippen LogP contribution in [0.1, 0.15) is 62.1 Å². The van der Waals surface area contributed by atoms with E-state index in [1.807, 2.05) is 67.6 Å². The van der Waals surface area contributed by atoms with E-state index in [0.717, 1.165) is 24.0 Å². The summed E-state index contributed by atoms with van der Waals surface area (Å²) in [7, 11) is 0. The van der Waals surface area contributed by atoms with Gasteiger partial charge in [-0.2, -0.15) is 0 Å². The van der Waals surface area contributed by atoms with Gasteiger partial charge in [0.1, 0.15) is 6.04 Å². The van der Waals surface area contributed by atoms with Crippen LogP contribution in [-0.2, 0) is 28.0 Å². The first-order chi connectivity index (χ1) is 17.4. The minimum atomic E-state index is -0.880. The van der Waals surface area contributed by atoms with E-state index in [9.17, 15) is 9.59 Å². The maximum Gasteiger partial charge on any atom is 0.312 e. The van der Waals surface area contributed by atoms with Crippen LogP contribution in [0.25, 0.3) is 0 Å². The molecule has 0 bridgehead atoms. The maximum atomic E-state index is 13.2. The number of hydrogen-bond donors (Lipinski definition) is 1. The molecule has 0 spiro atoms. The van der Waals surface area contributed by atoms with Crippen LogP contribution >= 0.6 is 0 Å². The third kappa shape index (κ3) is 5.99. The van der Waals surface area contributed by atoms with Gasteiger partial charge in [-0.3, -0.25) is 9.59 Å². The quantitative estimate of drug-likeness (QED) is 0.412. The Morgan fingerprint density at radius 2 is 1.64 bits per heavy atom. The van der Waals surface area contributed by atoms with Crippen molar-refractivity contribution in [1.82, 2.24) is 20.0 Å². The summed E-state index contributed by atoms with van der Waals surface area (Å²) in [5.41, 5.74) is 7.92. The Hall–Kier alpha value is -3.52. The molecule has 2 atom stereocenters. The highest BCUT2D eigenvalue weighted by molar-refractivity contribution is 6.35. The topological polar surface area (TPSA) is 106 Å². The first kappa shape index (κ1) is 25.6. The van der Waals surface area contributed by atoms with Crippen LogP contribution in [0.3, 0.4) is 0 Å². The molecule has 190 valence electrons. The van der Waals surface area contributed by atoms with Crippen LogP contribution < -0.4 is 5.73 Å². The molecule has 2 unspecified atom stereocenters. The smallest absolute Gasteiger partial charge is 0.312 e. The van der Waals surface area contributed by atoms with Crippen molar-refractivity contribution in [3.63, 3.8) is 0 Å². The number of nitrogens with zero attached hydrogens (tertiary/aromatic N) is 4. The zero-order chi connectivity index (χ0) is 25.5. The summed E-state index contributed by atoms with van der Waals surface area (Å²) in [6, 6.07) is 19.4. The molecule has 1 saturated heterocycles. The van der Waals surface area contributed by atoms with Crippen LogP contribution in [0.15, 0.2) is 65.1 Å². The van der Waals surface area contributed by atoms with E-state index in [0.29, 0.717) is 50.7 Å². The van der Waals surface area contributed by atoms with Crippen molar-refractivity contribution < 1.29 is 14.0 Å². The number of nitrogens with two attached hydrogens (primary N) is 1. The van der Waals surface area contributed by atoms with Gasteiger partial charge in [0.25, 0.3) is 0 Å². The number of piperazine rings is 1. The lowest BCUT2D eigenvalue weighted by molar-refractivity contribution is -0.158. The van der Waals surface area contributed by atoms with Gasteiger partial charge in [-0.25, -0.2) is 0 Å². The molecule has 3 aromatic rings. The molecule has 1 aliphatic heterocycles. The van der Waals surface area contributed by atoms with E-state index >= 15 is 0 Å². The van der Waals surface area contributed by atoms with Gasteiger partial charge in [-0.05, 0) is 43.7 Å². The highest BCUT2D eigenvalue weighted by Gasteiger charge is 2.39. The number of hydrogen-bond acceptors (Lipinski definition) is 6. The average molecular weight is 490 g/mol. The zero-order valence-electron chi connectivity index (χ0n) is 21.1. The Balaban J connectivity index is 1.57. The predicted octanol–water partition coefficient (Wildman–Crippen LogP) is 3.63. The first-order valence-corrected chi connectivity index (χ1v) is 12.7. The van der Waals surface area contributed by atoms with Crippen LogP contribution in [0.5, 0.6) is 0 Å². The molecule has 0 aliphatic carbocycles. The zero-order valence-corrected chi connectivity index (χ0v) is 21.1. The van der Waals surface area contributed by atoms with Gasteiger partial charge in [-0.15, -0.1) is 10.2 Å². The molecule has 1 fully saturated rings. The van der Waals surface area contributed by atoms with Crippen molar-refractivity contribution >= 4 is 11.8 Å². The molecule has 8 heteroatoms. The van der Waals surface area contributed by atoms with Crippen molar-refractivity contribution in [2.24, 2.45) is 5.73 Å². The number of rotatable bonds is 11. The first-order valence-electron chi connectivity index (χ1n) is 12.7. The van der Waals surface area contributed by atoms with Crippen molar-refractivity contribution in [3.05, 3.63) is 83.6 Å². The fraction of sp³-hybridized carbons (Fsp3) is 0.429. The van der Waals surface area contributed by atoms with Crippen LogP contribution in [0.2, 0.25) is 0 Å².